The summed E-state index contributed by atoms with van der Waals surface area (Å²) in [5, 5.41) is 13.2. The lowest BCUT2D eigenvalue weighted by Crippen LogP contribution is -2.37. The Bertz CT molecular complexity index is 1260. The van der Waals surface area contributed by atoms with Crippen molar-refractivity contribution in [1.29, 1.82) is 0 Å². The molecule has 7 heteroatoms. The normalized spacial score (nSPS) is 20.7. The van der Waals surface area contributed by atoms with E-state index in [1.165, 1.54) is 19.3 Å². The second-order valence-corrected chi connectivity index (χ2v) is 9.26. The van der Waals surface area contributed by atoms with Gasteiger partial charge in [0, 0.05) is 30.9 Å². The second kappa shape index (κ2) is 7.65. The van der Waals surface area contributed by atoms with Crippen LogP contribution in [0.3, 0.4) is 0 Å². The number of aromatic nitrogens is 2. The van der Waals surface area contributed by atoms with Crippen LogP contribution in [0.4, 0.5) is 11.6 Å². The van der Waals surface area contributed by atoms with Gasteiger partial charge in [0.2, 0.25) is 5.95 Å². The molecular weight excluding hydrogens is 404 g/mol. The minimum absolute atomic E-state index is 0.0178. The highest BCUT2D eigenvalue weighted by Crippen LogP contribution is 2.39. The van der Waals surface area contributed by atoms with Crippen LogP contribution in [0.15, 0.2) is 41.2 Å². The number of benzene rings is 2. The number of carboxylic acid groups (broad SMARTS) is 1. The van der Waals surface area contributed by atoms with Gasteiger partial charge in [0.1, 0.15) is 0 Å². The molecule has 5 rings (SSSR count). The summed E-state index contributed by atoms with van der Waals surface area (Å²) >= 11 is 0. The van der Waals surface area contributed by atoms with Gasteiger partial charge in [-0.1, -0.05) is 6.07 Å². The van der Waals surface area contributed by atoms with Crippen LogP contribution in [0.1, 0.15) is 53.7 Å². The molecule has 32 heavy (non-hydrogen) atoms. The van der Waals surface area contributed by atoms with Crippen molar-refractivity contribution in [2.24, 2.45) is 13.0 Å². The van der Waals surface area contributed by atoms with E-state index in [1.54, 1.807) is 28.8 Å². The SMILES string of the molecule is Cc1cc(C(C)Nc2ccc(C(=O)O)cc2)c2nc(N3CC4CCC3C4)n(C)c(=O)c2c1. The summed E-state index contributed by atoms with van der Waals surface area (Å²) < 4.78 is 1.70. The highest BCUT2D eigenvalue weighted by molar-refractivity contribution is 5.88. The number of aromatic carboxylic acids is 1. The largest absolute Gasteiger partial charge is 0.478 e. The average Bonchev–Trinajstić information content (AvgIpc) is 3.40. The Morgan fingerprint density at radius 1 is 1.22 bits per heavy atom. The lowest BCUT2D eigenvalue weighted by molar-refractivity contribution is 0.0697. The number of carboxylic acids is 1. The molecule has 2 heterocycles. The predicted octanol–water partition coefficient (Wildman–Crippen LogP) is 4.10. The summed E-state index contributed by atoms with van der Waals surface area (Å²) in [5.41, 5.74) is 3.76. The molecule has 3 aromatic rings. The van der Waals surface area contributed by atoms with E-state index in [-0.39, 0.29) is 17.2 Å². The van der Waals surface area contributed by atoms with Gasteiger partial charge >= 0.3 is 5.97 Å². The van der Waals surface area contributed by atoms with E-state index in [0.29, 0.717) is 17.3 Å². The third kappa shape index (κ3) is 3.42. The predicted molar refractivity (Wildman–Crippen MR) is 126 cm³/mol. The molecule has 1 aliphatic heterocycles. The molecule has 1 aromatic heterocycles. The van der Waals surface area contributed by atoms with Crippen molar-refractivity contribution in [2.75, 3.05) is 16.8 Å². The average molecular weight is 433 g/mol. The fourth-order valence-electron chi connectivity index (χ4n) is 5.33. The smallest absolute Gasteiger partial charge is 0.335 e. The first-order valence-electron chi connectivity index (χ1n) is 11.2. The summed E-state index contributed by atoms with van der Waals surface area (Å²) in [4.78, 5) is 31.8. The zero-order valence-corrected chi connectivity index (χ0v) is 18.6. The Balaban J connectivity index is 1.56. The number of hydrogen-bond donors (Lipinski definition) is 2. The van der Waals surface area contributed by atoms with Crippen molar-refractivity contribution in [3.05, 3.63) is 63.4 Å². The number of piperidine rings is 1. The second-order valence-electron chi connectivity index (χ2n) is 9.26. The van der Waals surface area contributed by atoms with Crippen LogP contribution in [0.5, 0.6) is 0 Å². The molecule has 3 unspecified atom stereocenters. The third-order valence-electron chi connectivity index (χ3n) is 6.98. The van der Waals surface area contributed by atoms with Crippen LogP contribution < -0.4 is 15.8 Å². The number of nitrogens with one attached hydrogen (secondary N) is 1. The van der Waals surface area contributed by atoms with Crippen molar-refractivity contribution < 1.29 is 9.90 Å². The van der Waals surface area contributed by atoms with Gasteiger partial charge in [0.15, 0.2) is 0 Å². The van der Waals surface area contributed by atoms with Crippen molar-refractivity contribution in [3.8, 4) is 0 Å². The van der Waals surface area contributed by atoms with Crippen molar-refractivity contribution in [2.45, 2.75) is 45.2 Å². The first kappa shape index (κ1) is 20.5. The molecule has 3 atom stereocenters. The van der Waals surface area contributed by atoms with E-state index in [9.17, 15) is 9.59 Å². The minimum Gasteiger partial charge on any atom is -0.478 e. The molecule has 0 amide bonds. The molecule has 1 aliphatic carbocycles. The van der Waals surface area contributed by atoms with Gasteiger partial charge in [-0.25, -0.2) is 9.78 Å². The van der Waals surface area contributed by atoms with Gasteiger partial charge in [0.05, 0.1) is 22.5 Å². The number of rotatable bonds is 5. The quantitative estimate of drug-likeness (QED) is 0.631. The third-order valence-corrected chi connectivity index (χ3v) is 6.98. The maximum atomic E-state index is 13.3. The molecule has 166 valence electrons. The first-order chi connectivity index (χ1) is 15.3. The Labute approximate surface area is 186 Å². The molecule has 2 aliphatic rings. The summed E-state index contributed by atoms with van der Waals surface area (Å²) in [5.74, 6) is 0.523. The zero-order valence-electron chi connectivity index (χ0n) is 18.6. The lowest BCUT2D eigenvalue weighted by Gasteiger charge is -2.30. The maximum Gasteiger partial charge on any atom is 0.335 e. The number of anilines is 2. The van der Waals surface area contributed by atoms with E-state index in [0.717, 1.165) is 34.8 Å². The van der Waals surface area contributed by atoms with Gasteiger partial charge in [-0.05, 0) is 74.9 Å². The standard InChI is InChI=1S/C25H28N4O3/c1-14-10-20(15(2)26-18-7-5-17(6-8-18)24(31)32)22-21(11-14)23(30)28(3)25(27-22)29-13-16-4-9-19(29)12-16/h5-8,10-11,15-16,19,26H,4,9,12-13H2,1-3H3,(H,31,32). The van der Waals surface area contributed by atoms with Crippen LogP contribution in [0.25, 0.3) is 10.9 Å². The lowest BCUT2D eigenvalue weighted by atomic mass is 10.0. The van der Waals surface area contributed by atoms with E-state index < -0.39 is 5.97 Å². The molecule has 7 nitrogen and oxygen atoms in total. The zero-order chi connectivity index (χ0) is 22.6. The van der Waals surface area contributed by atoms with Gasteiger partial charge < -0.3 is 15.3 Å². The molecule has 1 saturated carbocycles. The highest BCUT2D eigenvalue weighted by Gasteiger charge is 2.39. The summed E-state index contributed by atoms with van der Waals surface area (Å²) in [6.45, 7) is 5.00. The molecule has 1 saturated heterocycles. The van der Waals surface area contributed by atoms with Gasteiger partial charge in [0.25, 0.3) is 5.56 Å². The maximum absolute atomic E-state index is 13.3. The Morgan fingerprint density at radius 2 is 1.97 bits per heavy atom. The fraction of sp³-hybridized carbons (Fsp3) is 0.400. The van der Waals surface area contributed by atoms with Crippen molar-refractivity contribution in [1.82, 2.24) is 9.55 Å². The van der Waals surface area contributed by atoms with E-state index >= 15 is 0 Å². The van der Waals surface area contributed by atoms with Crippen LogP contribution in [0, 0.1) is 12.8 Å². The van der Waals surface area contributed by atoms with Gasteiger partial charge in [-0.3, -0.25) is 9.36 Å². The summed E-state index contributed by atoms with van der Waals surface area (Å²) in [7, 11) is 1.82. The molecular formula is C25H28N4O3. The Hall–Kier alpha value is -3.35. The Morgan fingerprint density at radius 3 is 2.59 bits per heavy atom. The van der Waals surface area contributed by atoms with Crippen LogP contribution in [0.2, 0.25) is 0 Å². The minimum atomic E-state index is -0.947. The number of fused-ring (bicyclic) bond motifs is 3. The van der Waals surface area contributed by atoms with Crippen LogP contribution >= 0.6 is 0 Å². The topological polar surface area (TPSA) is 87.5 Å². The number of nitrogens with zero attached hydrogens (tertiary/aromatic N) is 3. The Kier molecular flexibility index (Phi) is 4.92. The van der Waals surface area contributed by atoms with Crippen LogP contribution in [-0.2, 0) is 7.05 Å². The van der Waals surface area contributed by atoms with Gasteiger partial charge in [-0.2, -0.15) is 0 Å². The number of aryl methyl sites for hydroxylation is 1. The molecule has 2 N–H and O–H groups in total. The number of carbonyl (C=O) groups is 1. The molecule has 0 radical (unpaired) electrons. The summed E-state index contributed by atoms with van der Waals surface area (Å²) in [6, 6.07) is 11.1. The molecule has 2 aromatic carbocycles. The molecule has 2 fully saturated rings. The van der Waals surface area contributed by atoms with E-state index in [2.05, 4.69) is 16.3 Å². The fourth-order valence-corrected chi connectivity index (χ4v) is 5.33. The van der Waals surface area contributed by atoms with E-state index in [1.807, 2.05) is 27.0 Å². The molecule has 2 bridgehead atoms. The monoisotopic (exact) mass is 432 g/mol. The summed E-state index contributed by atoms with van der Waals surface area (Å²) in [6.07, 6.45) is 3.64. The first-order valence-corrected chi connectivity index (χ1v) is 11.2. The molecule has 0 spiro atoms. The van der Waals surface area contributed by atoms with E-state index in [4.69, 9.17) is 10.1 Å². The van der Waals surface area contributed by atoms with Gasteiger partial charge in [-0.15, -0.1) is 0 Å². The number of hydrogen-bond acceptors (Lipinski definition) is 5. The van der Waals surface area contributed by atoms with Crippen LogP contribution in [-0.4, -0.2) is 33.2 Å². The van der Waals surface area contributed by atoms with Crippen molar-refractivity contribution >= 4 is 28.5 Å². The highest BCUT2D eigenvalue weighted by atomic mass is 16.4. The van der Waals surface area contributed by atoms with Crippen molar-refractivity contribution in [3.63, 3.8) is 0 Å².